The fraction of sp³-hybridized carbons (Fsp3) is 0.118. The van der Waals surface area contributed by atoms with Crippen LogP contribution in [0.3, 0.4) is 0 Å². The highest BCUT2D eigenvalue weighted by Crippen LogP contribution is 2.23. The Morgan fingerprint density at radius 2 is 1.92 bits per heavy atom. The van der Waals surface area contributed by atoms with Gasteiger partial charge in [-0.15, -0.1) is 0 Å². The molecule has 0 radical (unpaired) electrons. The van der Waals surface area contributed by atoms with Crippen molar-refractivity contribution in [3.8, 4) is 6.07 Å². The molecule has 26 heavy (non-hydrogen) atoms. The molecular weight excluding hydrogens is 362 g/mol. The van der Waals surface area contributed by atoms with Gasteiger partial charge in [0, 0.05) is 17.8 Å². The molecule has 0 saturated heterocycles. The number of halogens is 1. The number of carbonyl (C=O) groups is 2. The Balaban J connectivity index is 2.02. The van der Waals surface area contributed by atoms with Gasteiger partial charge in [0.1, 0.15) is 0 Å². The lowest BCUT2D eigenvalue weighted by atomic mass is 10.2. The lowest BCUT2D eigenvalue weighted by Gasteiger charge is -2.14. The molecule has 0 aromatic heterocycles. The summed E-state index contributed by atoms with van der Waals surface area (Å²) < 4.78 is 5.04. The first-order chi connectivity index (χ1) is 12.3. The van der Waals surface area contributed by atoms with Crippen LogP contribution in [0.4, 0.5) is 11.4 Å². The zero-order chi connectivity index (χ0) is 19.3. The van der Waals surface area contributed by atoms with E-state index in [0.717, 1.165) is 18.2 Å². The number of non-ortho nitro benzene ring substituents is 1. The van der Waals surface area contributed by atoms with E-state index < -0.39 is 22.9 Å². The Bertz CT molecular complexity index is 906. The van der Waals surface area contributed by atoms with Crippen LogP contribution in [0, 0.1) is 21.4 Å². The normalized spacial score (nSPS) is 11.1. The maximum absolute atomic E-state index is 12.1. The van der Waals surface area contributed by atoms with Gasteiger partial charge in [-0.25, -0.2) is 4.79 Å². The fourth-order valence-corrected chi connectivity index (χ4v) is 2.18. The van der Waals surface area contributed by atoms with Crippen molar-refractivity contribution in [3.05, 3.63) is 68.7 Å². The standard InChI is InChI=1S/C17H12ClN3O5/c1-10(16(22)20-12-4-2-11(9-19)3-5-12)26-17(23)14-7-6-13(21(24)25)8-15(14)18/h2-8,10H,1H3,(H,20,22)/t10-/m0/s1. The molecule has 0 aliphatic carbocycles. The summed E-state index contributed by atoms with van der Waals surface area (Å²) in [6.07, 6.45) is -1.13. The minimum Gasteiger partial charge on any atom is -0.449 e. The van der Waals surface area contributed by atoms with Gasteiger partial charge < -0.3 is 10.1 Å². The highest BCUT2D eigenvalue weighted by Gasteiger charge is 2.22. The number of hydrogen-bond acceptors (Lipinski definition) is 6. The monoisotopic (exact) mass is 373 g/mol. The molecule has 0 spiro atoms. The van der Waals surface area contributed by atoms with Gasteiger partial charge in [-0.3, -0.25) is 14.9 Å². The predicted molar refractivity (Wildman–Crippen MR) is 92.8 cm³/mol. The van der Waals surface area contributed by atoms with Gasteiger partial charge >= 0.3 is 5.97 Å². The zero-order valence-electron chi connectivity index (χ0n) is 13.4. The molecule has 0 aliphatic rings. The Morgan fingerprint density at radius 1 is 1.27 bits per heavy atom. The number of carbonyl (C=O) groups excluding carboxylic acids is 2. The molecule has 132 valence electrons. The highest BCUT2D eigenvalue weighted by atomic mass is 35.5. The maximum atomic E-state index is 12.1. The third-order valence-corrected chi connectivity index (χ3v) is 3.63. The maximum Gasteiger partial charge on any atom is 0.340 e. The number of nitro benzene ring substituents is 1. The summed E-state index contributed by atoms with van der Waals surface area (Å²) in [5, 5.41) is 21.8. The van der Waals surface area contributed by atoms with E-state index in [9.17, 15) is 19.7 Å². The minimum atomic E-state index is -1.13. The van der Waals surface area contributed by atoms with E-state index in [-0.39, 0.29) is 16.3 Å². The lowest BCUT2D eigenvalue weighted by molar-refractivity contribution is -0.384. The van der Waals surface area contributed by atoms with E-state index in [1.807, 2.05) is 6.07 Å². The third-order valence-electron chi connectivity index (χ3n) is 3.32. The van der Waals surface area contributed by atoms with Crippen LogP contribution in [0.25, 0.3) is 0 Å². The van der Waals surface area contributed by atoms with Crippen LogP contribution in [0.1, 0.15) is 22.8 Å². The van der Waals surface area contributed by atoms with Gasteiger partial charge in [-0.1, -0.05) is 11.6 Å². The van der Waals surface area contributed by atoms with Crippen molar-refractivity contribution in [1.29, 1.82) is 5.26 Å². The molecule has 8 nitrogen and oxygen atoms in total. The van der Waals surface area contributed by atoms with E-state index in [1.54, 1.807) is 0 Å². The van der Waals surface area contributed by atoms with Crippen LogP contribution in [-0.4, -0.2) is 22.9 Å². The topological polar surface area (TPSA) is 122 Å². The molecule has 0 aliphatic heterocycles. The molecule has 0 unspecified atom stereocenters. The number of hydrogen-bond donors (Lipinski definition) is 1. The molecule has 0 saturated carbocycles. The van der Waals surface area contributed by atoms with Crippen molar-refractivity contribution in [3.63, 3.8) is 0 Å². The minimum absolute atomic E-state index is 0.0877. The fourth-order valence-electron chi connectivity index (χ4n) is 1.93. The first kappa shape index (κ1) is 18.9. The van der Waals surface area contributed by atoms with Crippen LogP contribution >= 0.6 is 11.6 Å². The molecule has 1 N–H and O–H groups in total. The van der Waals surface area contributed by atoms with Crippen LogP contribution in [0.5, 0.6) is 0 Å². The van der Waals surface area contributed by atoms with Crippen LogP contribution in [0.2, 0.25) is 5.02 Å². The van der Waals surface area contributed by atoms with E-state index in [1.165, 1.54) is 31.2 Å². The van der Waals surface area contributed by atoms with Crippen molar-refractivity contribution >= 4 is 34.9 Å². The van der Waals surface area contributed by atoms with E-state index in [4.69, 9.17) is 21.6 Å². The third kappa shape index (κ3) is 4.55. The number of rotatable bonds is 5. The molecule has 2 aromatic carbocycles. The second-order valence-corrected chi connectivity index (χ2v) is 5.55. The summed E-state index contributed by atoms with van der Waals surface area (Å²) in [4.78, 5) is 34.2. The van der Waals surface area contributed by atoms with Gasteiger partial charge in [-0.05, 0) is 37.3 Å². The number of ether oxygens (including phenoxy) is 1. The molecule has 2 aromatic rings. The van der Waals surface area contributed by atoms with E-state index in [2.05, 4.69) is 5.32 Å². The molecule has 9 heteroatoms. The molecule has 1 atom stereocenters. The number of nitro groups is 1. The van der Waals surface area contributed by atoms with Crippen molar-refractivity contribution in [2.75, 3.05) is 5.32 Å². The van der Waals surface area contributed by atoms with Crippen LogP contribution < -0.4 is 5.32 Å². The summed E-state index contributed by atoms with van der Waals surface area (Å²) in [7, 11) is 0. The average Bonchev–Trinajstić information content (AvgIpc) is 2.61. The smallest absolute Gasteiger partial charge is 0.340 e. The van der Waals surface area contributed by atoms with Gasteiger partial charge in [-0.2, -0.15) is 5.26 Å². The average molecular weight is 374 g/mol. The molecule has 0 heterocycles. The van der Waals surface area contributed by atoms with Gasteiger partial charge in [0.2, 0.25) is 0 Å². The summed E-state index contributed by atoms with van der Waals surface area (Å²) in [5.74, 6) is -1.46. The number of esters is 1. The predicted octanol–water partition coefficient (Wildman–Crippen LogP) is 3.30. The number of nitriles is 1. The van der Waals surface area contributed by atoms with Gasteiger partial charge in [0.15, 0.2) is 6.10 Å². The highest BCUT2D eigenvalue weighted by molar-refractivity contribution is 6.33. The lowest BCUT2D eigenvalue weighted by Crippen LogP contribution is -2.30. The molecular formula is C17H12ClN3O5. The number of nitrogens with one attached hydrogen (secondary N) is 1. The molecule has 1 amide bonds. The van der Waals surface area contributed by atoms with Crippen molar-refractivity contribution in [2.24, 2.45) is 0 Å². The number of amides is 1. The number of anilines is 1. The van der Waals surface area contributed by atoms with E-state index >= 15 is 0 Å². The number of nitrogens with zero attached hydrogens (tertiary/aromatic N) is 2. The van der Waals surface area contributed by atoms with Gasteiger partial charge in [0.05, 0.1) is 27.1 Å². The Kier molecular flexibility index (Phi) is 5.88. The quantitative estimate of drug-likeness (QED) is 0.487. The second kappa shape index (κ2) is 8.09. The summed E-state index contributed by atoms with van der Waals surface area (Å²) >= 11 is 5.86. The Labute approximate surface area is 153 Å². The van der Waals surface area contributed by atoms with Crippen molar-refractivity contribution in [2.45, 2.75) is 13.0 Å². The first-order valence-corrected chi connectivity index (χ1v) is 7.65. The second-order valence-electron chi connectivity index (χ2n) is 5.15. The summed E-state index contributed by atoms with van der Waals surface area (Å²) in [6.45, 7) is 1.37. The van der Waals surface area contributed by atoms with Crippen molar-refractivity contribution in [1.82, 2.24) is 0 Å². The summed E-state index contributed by atoms with van der Waals surface area (Å²) in [6, 6.07) is 11.4. The zero-order valence-corrected chi connectivity index (χ0v) is 14.2. The molecule has 2 rings (SSSR count). The number of benzene rings is 2. The van der Waals surface area contributed by atoms with Crippen LogP contribution in [0.15, 0.2) is 42.5 Å². The molecule has 0 bridgehead atoms. The largest absolute Gasteiger partial charge is 0.449 e. The van der Waals surface area contributed by atoms with Gasteiger partial charge in [0.25, 0.3) is 11.6 Å². The first-order valence-electron chi connectivity index (χ1n) is 7.27. The van der Waals surface area contributed by atoms with Crippen molar-refractivity contribution < 1.29 is 19.2 Å². The summed E-state index contributed by atoms with van der Waals surface area (Å²) in [5.41, 5.74) is 0.522. The Morgan fingerprint density at radius 3 is 2.46 bits per heavy atom. The Hall–Kier alpha value is -3.44. The molecule has 0 fully saturated rings. The van der Waals surface area contributed by atoms with E-state index in [0.29, 0.717) is 11.3 Å². The SMILES string of the molecule is C[C@H](OC(=O)c1ccc([N+](=O)[O-])cc1Cl)C(=O)Nc1ccc(C#N)cc1. The van der Waals surface area contributed by atoms with Crippen LogP contribution in [-0.2, 0) is 9.53 Å².